The Morgan fingerprint density at radius 1 is 0.360 bits per heavy atom. The highest BCUT2D eigenvalue weighted by Crippen LogP contribution is 2.40. The van der Waals surface area contributed by atoms with Gasteiger partial charge in [-0.1, -0.05) is 121 Å². The van der Waals surface area contributed by atoms with Gasteiger partial charge in [-0.05, 0) is 52.9 Å². The molecule has 0 aliphatic heterocycles. The summed E-state index contributed by atoms with van der Waals surface area (Å²) in [7, 11) is 0. The summed E-state index contributed by atoms with van der Waals surface area (Å²) in [6.45, 7) is 0. The van der Waals surface area contributed by atoms with E-state index < -0.39 is 0 Å². The van der Waals surface area contributed by atoms with Gasteiger partial charge >= 0.3 is 0 Å². The van der Waals surface area contributed by atoms with Gasteiger partial charge in [-0.25, -0.2) is 19.9 Å². The van der Waals surface area contributed by atoms with Crippen LogP contribution >= 0.6 is 0 Å². The largest absolute Gasteiger partial charge is 0.456 e. The molecule has 0 atom stereocenters. The highest BCUT2D eigenvalue weighted by molar-refractivity contribution is 6.25. The van der Waals surface area contributed by atoms with E-state index >= 15 is 0 Å². The maximum Gasteiger partial charge on any atom is 0.227 e. The molecule has 6 nitrogen and oxygen atoms in total. The molecule has 0 fully saturated rings. The number of rotatable bonds is 5. The van der Waals surface area contributed by atoms with E-state index in [1.165, 1.54) is 0 Å². The quantitative estimate of drug-likeness (QED) is 0.186. The molecular weight excluding hydrogens is 617 g/mol. The molecule has 0 radical (unpaired) electrons. The van der Waals surface area contributed by atoms with Gasteiger partial charge in [-0.3, -0.25) is 0 Å². The minimum absolute atomic E-state index is 0.605. The van der Waals surface area contributed by atoms with Crippen LogP contribution in [-0.2, 0) is 0 Å². The SMILES string of the molecule is c1ccc(-c2nc(-c3ccccc3)nc(-c3ccc(-c4ccc5c(c4)oc4ccc6ccc7nc(-c8ccccc8)oc7c6c45)cc3)n2)cc1. The van der Waals surface area contributed by atoms with Crippen LogP contribution in [0.3, 0.4) is 0 Å². The predicted octanol–water partition coefficient (Wildman–Crippen LogP) is 11.4. The molecule has 0 aliphatic rings. The summed E-state index contributed by atoms with van der Waals surface area (Å²) >= 11 is 0. The van der Waals surface area contributed by atoms with Crippen molar-refractivity contribution in [3.63, 3.8) is 0 Å². The summed E-state index contributed by atoms with van der Waals surface area (Å²) in [4.78, 5) is 19.4. The summed E-state index contributed by atoms with van der Waals surface area (Å²) in [6.07, 6.45) is 0. The Balaban J connectivity index is 1.05. The number of hydrogen-bond acceptors (Lipinski definition) is 6. The second-order valence-corrected chi connectivity index (χ2v) is 12.3. The maximum atomic E-state index is 6.48. The van der Waals surface area contributed by atoms with Crippen molar-refractivity contribution in [2.75, 3.05) is 0 Å². The lowest BCUT2D eigenvalue weighted by atomic mass is 9.99. The number of benzene rings is 7. The predicted molar refractivity (Wildman–Crippen MR) is 199 cm³/mol. The van der Waals surface area contributed by atoms with Crippen molar-refractivity contribution in [3.8, 4) is 56.7 Å². The van der Waals surface area contributed by atoms with Crippen molar-refractivity contribution in [1.29, 1.82) is 0 Å². The Bertz CT molecular complexity index is 2790. The molecule has 0 spiro atoms. The standard InChI is InChI=1S/C44H26N4O2/c1-4-10-29(11-5-1)41-46-42(30-12-6-2-7-13-30)48-43(47-41)31-18-16-27(17-19-31)33-20-23-34-37(26-33)49-36-25-22-28-21-24-35-40(38(28)39(34)36)50-44(45-35)32-14-8-3-9-15-32/h1-26H. The van der Waals surface area contributed by atoms with Crippen LogP contribution in [0.5, 0.6) is 0 Å². The fraction of sp³-hybridized carbons (Fsp3) is 0. The molecule has 3 heterocycles. The first kappa shape index (κ1) is 28.1. The molecule has 0 aliphatic carbocycles. The molecule has 0 unspecified atom stereocenters. The van der Waals surface area contributed by atoms with Gasteiger partial charge in [0.05, 0.1) is 0 Å². The van der Waals surface area contributed by atoms with Crippen LogP contribution in [0.2, 0.25) is 0 Å². The van der Waals surface area contributed by atoms with Crippen molar-refractivity contribution in [3.05, 3.63) is 158 Å². The van der Waals surface area contributed by atoms with Gasteiger partial charge in [0.25, 0.3) is 0 Å². The van der Waals surface area contributed by atoms with E-state index in [2.05, 4.69) is 54.6 Å². The van der Waals surface area contributed by atoms with Crippen molar-refractivity contribution >= 4 is 43.8 Å². The van der Waals surface area contributed by atoms with E-state index in [0.29, 0.717) is 23.4 Å². The number of hydrogen-bond donors (Lipinski definition) is 0. The van der Waals surface area contributed by atoms with Crippen molar-refractivity contribution in [2.24, 2.45) is 0 Å². The first-order valence-corrected chi connectivity index (χ1v) is 16.5. The van der Waals surface area contributed by atoms with Gasteiger partial charge in [-0.15, -0.1) is 0 Å². The van der Waals surface area contributed by atoms with Gasteiger partial charge in [0, 0.05) is 38.4 Å². The van der Waals surface area contributed by atoms with Crippen LogP contribution in [-0.4, -0.2) is 19.9 Å². The second kappa shape index (κ2) is 11.4. The van der Waals surface area contributed by atoms with Gasteiger partial charge in [0.2, 0.25) is 5.89 Å². The molecule has 7 aromatic carbocycles. The zero-order chi connectivity index (χ0) is 33.0. The van der Waals surface area contributed by atoms with Gasteiger partial charge in [0.15, 0.2) is 23.1 Å². The van der Waals surface area contributed by atoms with Gasteiger partial charge in [0.1, 0.15) is 16.7 Å². The van der Waals surface area contributed by atoms with Crippen molar-refractivity contribution < 1.29 is 8.83 Å². The first-order valence-electron chi connectivity index (χ1n) is 16.5. The third-order valence-electron chi connectivity index (χ3n) is 9.17. The molecule has 0 saturated carbocycles. The Morgan fingerprint density at radius 2 is 0.900 bits per heavy atom. The van der Waals surface area contributed by atoms with E-state index in [1.54, 1.807) is 0 Å². The highest BCUT2D eigenvalue weighted by atomic mass is 16.3. The highest BCUT2D eigenvalue weighted by Gasteiger charge is 2.18. The van der Waals surface area contributed by atoms with E-state index in [4.69, 9.17) is 28.8 Å². The molecule has 0 amide bonds. The molecule has 50 heavy (non-hydrogen) atoms. The van der Waals surface area contributed by atoms with E-state index in [1.807, 2.05) is 103 Å². The molecule has 10 rings (SSSR count). The minimum atomic E-state index is 0.605. The van der Waals surface area contributed by atoms with E-state index in [0.717, 1.165) is 77.2 Å². The molecule has 0 bridgehead atoms. The molecule has 0 N–H and O–H groups in total. The average Bonchev–Trinajstić information content (AvgIpc) is 3.81. The summed E-state index contributed by atoms with van der Waals surface area (Å²) in [6, 6.07) is 53.0. The summed E-state index contributed by atoms with van der Waals surface area (Å²) in [5, 5.41) is 4.14. The van der Waals surface area contributed by atoms with E-state index in [-0.39, 0.29) is 0 Å². The molecule has 0 saturated heterocycles. The smallest absolute Gasteiger partial charge is 0.227 e. The van der Waals surface area contributed by atoms with Gasteiger partial charge in [-0.2, -0.15) is 0 Å². The topological polar surface area (TPSA) is 77.8 Å². The average molecular weight is 643 g/mol. The Morgan fingerprint density at radius 3 is 1.54 bits per heavy atom. The molecule has 234 valence electrons. The zero-order valence-electron chi connectivity index (χ0n) is 26.6. The minimum Gasteiger partial charge on any atom is -0.456 e. The number of furan rings is 1. The van der Waals surface area contributed by atoms with Crippen molar-refractivity contribution in [2.45, 2.75) is 0 Å². The van der Waals surface area contributed by atoms with Crippen LogP contribution in [0.15, 0.2) is 167 Å². The number of fused-ring (bicyclic) bond motifs is 7. The zero-order valence-corrected chi connectivity index (χ0v) is 26.6. The third-order valence-corrected chi connectivity index (χ3v) is 9.17. The molecule has 3 aromatic heterocycles. The Kier molecular flexibility index (Phi) is 6.39. The van der Waals surface area contributed by atoms with E-state index in [9.17, 15) is 0 Å². The summed E-state index contributed by atoms with van der Waals surface area (Å²) in [5.41, 5.74) is 9.05. The lowest BCUT2D eigenvalue weighted by Gasteiger charge is -2.09. The summed E-state index contributed by atoms with van der Waals surface area (Å²) < 4.78 is 12.9. The van der Waals surface area contributed by atoms with Crippen LogP contribution < -0.4 is 0 Å². The molecule has 6 heteroatoms. The van der Waals surface area contributed by atoms with Crippen LogP contribution in [0, 0.1) is 0 Å². The molecular formula is C44H26N4O2. The maximum absolute atomic E-state index is 6.48. The first-order chi connectivity index (χ1) is 24.7. The van der Waals surface area contributed by atoms with Crippen LogP contribution in [0.4, 0.5) is 0 Å². The van der Waals surface area contributed by atoms with Crippen LogP contribution in [0.25, 0.3) is 101 Å². The lowest BCUT2D eigenvalue weighted by Crippen LogP contribution is -2.00. The fourth-order valence-electron chi connectivity index (χ4n) is 6.69. The molecule has 10 aromatic rings. The fourth-order valence-corrected chi connectivity index (χ4v) is 6.69. The normalized spacial score (nSPS) is 11.6. The van der Waals surface area contributed by atoms with Gasteiger partial charge < -0.3 is 8.83 Å². The summed E-state index contributed by atoms with van der Waals surface area (Å²) in [5.74, 6) is 2.51. The number of oxazole rings is 1. The monoisotopic (exact) mass is 642 g/mol. The number of aromatic nitrogens is 4. The van der Waals surface area contributed by atoms with Crippen LogP contribution in [0.1, 0.15) is 0 Å². The Hall–Kier alpha value is -6.92. The third kappa shape index (κ3) is 4.73. The lowest BCUT2D eigenvalue weighted by molar-refractivity contribution is 0.623. The second-order valence-electron chi connectivity index (χ2n) is 12.3. The van der Waals surface area contributed by atoms with Crippen molar-refractivity contribution in [1.82, 2.24) is 19.9 Å². The number of nitrogens with zero attached hydrogens (tertiary/aromatic N) is 4. The Labute approximate surface area is 286 Å².